The van der Waals surface area contributed by atoms with E-state index in [1.807, 2.05) is 6.92 Å². The number of phenolic OH excluding ortho intramolecular Hbond substituents is 1. The van der Waals surface area contributed by atoms with Crippen LogP contribution in [0.2, 0.25) is 0 Å². The predicted octanol–water partition coefficient (Wildman–Crippen LogP) is 0.987. The van der Waals surface area contributed by atoms with E-state index >= 15 is 0 Å². The Morgan fingerprint density at radius 2 is 1.80 bits per heavy atom. The number of carbonyl (C=O) groups is 4. The summed E-state index contributed by atoms with van der Waals surface area (Å²) in [5.41, 5.74) is 2.03. The molecule has 3 aliphatic rings. The van der Waals surface area contributed by atoms with Gasteiger partial charge in [0.1, 0.15) is 28.4 Å². The molecule has 1 aromatic rings. The van der Waals surface area contributed by atoms with Gasteiger partial charge in [-0.2, -0.15) is 0 Å². The first kappa shape index (κ1) is 29.1. The second-order valence-electron chi connectivity index (χ2n) is 11.0. The zero-order valence-corrected chi connectivity index (χ0v) is 23.1. The van der Waals surface area contributed by atoms with Crippen molar-refractivity contribution in [1.29, 1.82) is 0 Å². The minimum Gasteiger partial charge on any atom is -0.508 e. The summed E-state index contributed by atoms with van der Waals surface area (Å²) in [6.45, 7) is 2.06. The van der Waals surface area contributed by atoms with Crippen molar-refractivity contribution in [3.05, 3.63) is 39.7 Å². The Morgan fingerprint density at radius 3 is 2.35 bits per heavy atom. The first-order chi connectivity index (χ1) is 18.7. The number of hydrogen-bond donors (Lipinski definition) is 5. The van der Waals surface area contributed by atoms with E-state index in [9.17, 15) is 39.6 Å². The van der Waals surface area contributed by atoms with E-state index in [0.717, 1.165) is 6.42 Å². The second-order valence-corrected chi connectivity index (χ2v) is 11.0. The summed E-state index contributed by atoms with van der Waals surface area (Å²) in [6.07, 6.45) is 1.48. The summed E-state index contributed by atoms with van der Waals surface area (Å²) in [7, 11) is 6.51. The molecule has 216 valence electrons. The number of likely N-dealkylation sites (N-methyl/N-ethyl adjacent to an activating group) is 1. The molecule has 4 atom stereocenters. The number of aromatic hydroxyl groups is 1. The maximum atomic E-state index is 14.0. The van der Waals surface area contributed by atoms with Crippen molar-refractivity contribution in [1.82, 2.24) is 4.90 Å². The number of ketones is 2. The van der Waals surface area contributed by atoms with Crippen LogP contribution in [0.3, 0.4) is 0 Å². The number of aliphatic hydroxyl groups excluding tert-OH is 2. The molecular weight excluding hydrogens is 522 g/mol. The molecule has 0 aromatic heterocycles. The van der Waals surface area contributed by atoms with Gasteiger partial charge in [-0.25, -0.2) is 4.79 Å². The molecule has 0 heterocycles. The van der Waals surface area contributed by atoms with E-state index in [-0.39, 0.29) is 36.1 Å². The highest BCUT2D eigenvalue weighted by Crippen LogP contribution is 2.54. The minimum absolute atomic E-state index is 0.0276. The van der Waals surface area contributed by atoms with Gasteiger partial charge in [0.05, 0.1) is 18.2 Å². The van der Waals surface area contributed by atoms with Crippen LogP contribution in [0, 0.1) is 11.8 Å². The van der Waals surface area contributed by atoms with E-state index in [0.29, 0.717) is 17.7 Å². The number of phenols is 1. The summed E-state index contributed by atoms with van der Waals surface area (Å²) in [5.74, 6) is -8.35. The van der Waals surface area contributed by atoms with Gasteiger partial charge >= 0.3 is 5.97 Å². The van der Waals surface area contributed by atoms with E-state index in [2.05, 4.69) is 0 Å². The molecule has 40 heavy (non-hydrogen) atoms. The van der Waals surface area contributed by atoms with Crippen LogP contribution < -0.4 is 10.6 Å². The van der Waals surface area contributed by atoms with Crippen molar-refractivity contribution in [2.75, 3.05) is 39.7 Å². The molecule has 12 nitrogen and oxygen atoms in total. The van der Waals surface area contributed by atoms with Crippen LogP contribution >= 0.6 is 0 Å². The third kappa shape index (κ3) is 4.13. The Kier molecular flexibility index (Phi) is 7.46. The highest BCUT2D eigenvalue weighted by molar-refractivity contribution is 6.24. The summed E-state index contributed by atoms with van der Waals surface area (Å²) in [4.78, 5) is 55.3. The Hall–Kier alpha value is -3.90. The van der Waals surface area contributed by atoms with Crippen LogP contribution in [0.4, 0.5) is 5.69 Å². The fraction of sp³-hybridized carbons (Fsp3) is 0.500. The lowest BCUT2D eigenvalue weighted by molar-refractivity contribution is -0.153. The third-order valence-corrected chi connectivity index (χ3v) is 8.13. The van der Waals surface area contributed by atoms with Gasteiger partial charge in [-0.05, 0) is 50.9 Å². The monoisotopic (exact) mass is 557 g/mol. The number of amides is 1. The normalized spacial score (nSPS) is 25.9. The molecule has 0 bridgehead atoms. The molecule has 1 aromatic carbocycles. The SMILES string of the molecule is CCCCOC(=O)c1cc(N(C)C)c2c(c1O)C(O)=C1C(=O)[C@]3(O)C(O)=C(C(N)=O)C(=O)[C@@H](N(C)C)[C@@H]3C[C@@H]1C2. The smallest absolute Gasteiger partial charge is 0.342 e. The average molecular weight is 558 g/mol. The van der Waals surface area contributed by atoms with Crippen molar-refractivity contribution >= 4 is 34.9 Å². The third-order valence-electron chi connectivity index (χ3n) is 8.13. The number of unbranched alkanes of at least 4 members (excludes halogenated alkanes) is 1. The van der Waals surface area contributed by atoms with Crippen LogP contribution in [-0.2, 0) is 25.5 Å². The number of hydrogen-bond acceptors (Lipinski definition) is 11. The molecular formula is C28H35N3O9. The summed E-state index contributed by atoms with van der Waals surface area (Å²) < 4.78 is 5.28. The average Bonchev–Trinajstić information content (AvgIpc) is 2.85. The number of carbonyl (C=O) groups excluding carboxylic acids is 4. The summed E-state index contributed by atoms with van der Waals surface area (Å²) in [5, 5.41) is 45.3. The number of Topliss-reactive ketones (excluding diaryl/α,β-unsaturated/α-hetero) is 2. The van der Waals surface area contributed by atoms with Crippen LogP contribution in [-0.4, -0.2) is 95.2 Å². The molecule has 0 unspecified atom stereocenters. The molecule has 0 spiro atoms. The Morgan fingerprint density at radius 1 is 1.15 bits per heavy atom. The maximum absolute atomic E-state index is 14.0. The molecule has 4 rings (SSSR count). The number of primary amides is 1. The van der Waals surface area contributed by atoms with Crippen molar-refractivity contribution < 1.29 is 44.3 Å². The van der Waals surface area contributed by atoms with Gasteiger partial charge in [-0.3, -0.25) is 19.3 Å². The van der Waals surface area contributed by atoms with Crippen LogP contribution in [0.1, 0.15) is 47.7 Å². The molecule has 12 heteroatoms. The first-order valence-electron chi connectivity index (χ1n) is 13.1. The van der Waals surface area contributed by atoms with Crippen LogP contribution in [0.25, 0.3) is 5.76 Å². The molecule has 1 saturated carbocycles. The summed E-state index contributed by atoms with van der Waals surface area (Å²) >= 11 is 0. The van der Waals surface area contributed by atoms with Crippen molar-refractivity contribution in [2.45, 2.75) is 44.2 Å². The lowest BCUT2D eigenvalue weighted by Gasteiger charge is -2.50. The maximum Gasteiger partial charge on any atom is 0.342 e. The van der Waals surface area contributed by atoms with Gasteiger partial charge < -0.3 is 35.8 Å². The quantitative estimate of drug-likeness (QED) is 0.182. The molecule has 6 N–H and O–H groups in total. The van der Waals surface area contributed by atoms with Crippen LogP contribution in [0.5, 0.6) is 5.75 Å². The van der Waals surface area contributed by atoms with Gasteiger partial charge in [-0.1, -0.05) is 13.3 Å². The van der Waals surface area contributed by atoms with Gasteiger partial charge in [0, 0.05) is 31.3 Å². The largest absolute Gasteiger partial charge is 0.508 e. The van der Waals surface area contributed by atoms with Gasteiger partial charge in [0.2, 0.25) is 5.78 Å². The highest BCUT2D eigenvalue weighted by Gasteiger charge is 2.64. The molecule has 1 fully saturated rings. The van der Waals surface area contributed by atoms with Crippen molar-refractivity contribution in [2.24, 2.45) is 17.6 Å². The number of anilines is 1. The molecule has 0 saturated heterocycles. The number of fused-ring (bicyclic) bond motifs is 3. The molecule has 0 aliphatic heterocycles. The van der Waals surface area contributed by atoms with Crippen LogP contribution in [0.15, 0.2) is 23.0 Å². The van der Waals surface area contributed by atoms with E-state index in [1.165, 1.54) is 25.1 Å². The molecule has 3 aliphatic carbocycles. The van der Waals surface area contributed by atoms with Crippen molar-refractivity contribution in [3.8, 4) is 5.75 Å². The fourth-order valence-electron chi connectivity index (χ4n) is 6.23. The summed E-state index contributed by atoms with van der Waals surface area (Å²) in [6, 6.07) is 0.293. The molecule has 1 amide bonds. The fourth-order valence-corrected chi connectivity index (χ4v) is 6.23. The minimum atomic E-state index is -2.73. The van der Waals surface area contributed by atoms with Gasteiger partial charge in [0.25, 0.3) is 5.91 Å². The number of esters is 1. The predicted molar refractivity (Wildman–Crippen MR) is 144 cm³/mol. The lowest BCUT2D eigenvalue weighted by Crippen LogP contribution is -2.65. The number of aliphatic hydroxyl groups is 3. The highest BCUT2D eigenvalue weighted by atomic mass is 16.5. The number of ether oxygens (including phenoxy) is 1. The molecule has 0 radical (unpaired) electrons. The first-order valence-corrected chi connectivity index (χ1v) is 13.1. The Bertz CT molecular complexity index is 1380. The van der Waals surface area contributed by atoms with Crippen molar-refractivity contribution in [3.63, 3.8) is 0 Å². The van der Waals surface area contributed by atoms with E-state index in [1.54, 1.807) is 19.0 Å². The standard InChI is InChI=1S/C28H35N3O9/c1-6-7-8-40-27(38)14-11-16(30(2)3)13-9-12-10-15-20(31(4)5)23(34)19(26(29)37)25(36)28(15,39)24(35)17(12)22(33)18(13)21(14)32/h11-12,15,20,32-33,36,39H,6-10H2,1-5H3,(H2,29,37)/t12-,15-,20-,28-/m0/s1. The zero-order chi connectivity index (χ0) is 29.8. The Balaban J connectivity index is 1.95. The topological polar surface area (TPSA) is 191 Å². The second kappa shape index (κ2) is 10.3. The van der Waals surface area contributed by atoms with Gasteiger partial charge in [-0.15, -0.1) is 0 Å². The van der Waals surface area contributed by atoms with Gasteiger partial charge in [0.15, 0.2) is 11.4 Å². The number of nitrogens with zero attached hydrogens (tertiary/aromatic N) is 2. The number of nitrogens with two attached hydrogens (primary N) is 1. The van der Waals surface area contributed by atoms with E-state index < -0.39 is 69.8 Å². The Labute approximate surface area is 231 Å². The number of rotatable bonds is 7. The van der Waals surface area contributed by atoms with E-state index in [4.69, 9.17) is 10.5 Å². The number of benzene rings is 1. The lowest BCUT2D eigenvalue weighted by atomic mass is 9.57. The zero-order valence-electron chi connectivity index (χ0n) is 23.1.